The summed E-state index contributed by atoms with van der Waals surface area (Å²) in [6.07, 6.45) is 8.93. The van der Waals surface area contributed by atoms with Crippen LogP contribution in [0.2, 0.25) is 0 Å². The SMILES string of the molecule is CC.CC/C=C(\C=C/CN)c1nc2ccccc2c(NC)c1CC.CC=O.COC(=O)c1ccc(C)cc1. The van der Waals surface area contributed by atoms with Crippen LogP contribution in [0.1, 0.15) is 68.2 Å². The third-order valence-electron chi connectivity index (χ3n) is 5.20. The van der Waals surface area contributed by atoms with Crippen molar-refractivity contribution in [2.75, 3.05) is 26.0 Å². The molecule has 206 valence electrons. The second-order valence-corrected chi connectivity index (χ2v) is 7.73. The fraction of sp³-hybridized carbons (Fsp3) is 0.344. The van der Waals surface area contributed by atoms with Gasteiger partial charge in [-0.05, 0) is 50.5 Å². The second kappa shape index (κ2) is 20.3. The van der Waals surface area contributed by atoms with Crippen molar-refractivity contribution in [1.82, 2.24) is 4.98 Å². The lowest BCUT2D eigenvalue weighted by Gasteiger charge is -2.16. The largest absolute Gasteiger partial charge is 0.465 e. The van der Waals surface area contributed by atoms with Crippen LogP contribution in [0.25, 0.3) is 16.5 Å². The van der Waals surface area contributed by atoms with Gasteiger partial charge >= 0.3 is 5.97 Å². The highest BCUT2D eigenvalue weighted by molar-refractivity contribution is 5.96. The predicted molar refractivity (Wildman–Crippen MR) is 163 cm³/mol. The van der Waals surface area contributed by atoms with E-state index in [-0.39, 0.29) is 5.97 Å². The van der Waals surface area contributed by atoms with Gasteiger partial charge in [0, 0.05) is 30.2 Å². The van der Waals surface area contributed by atoms with Gasteiger partial charge in [-0.2, -0.15) is 0 Å². The third kappa shape index (κ3) is 10.7. The number of benzene rings is 2. The van der Waals surface area contributed by atoms with Crippen LogP contribution in [0.15, 0.2) is 66.8 Å². The summed E-state index contributed by atoms with van der Waals surface area (Å²) >= 11 is 0. The third-order valence-corrected chi connectivity index (χ3v) is 5.20. The molecule has 0 atom stereocenters. The number of nitrogens with zero attached hydrogens (tertiary/aromatic N) is 1. The van der Waals surface area contributed by atoms with Gasteiger partial charge in [0.15, 0.2) is 0 Å². The van der Waals surface area contributed by atoms with Crippen molar-refractivity contribution in [2.24, 2.45) is 5.73 Å². The number of fused-ring (bicyclic) bond motifs is 1. The maximum absolute atomic E-state index is 10.9. The Morgan fingerprint density at radius 3 is 2.18 bits per heavy atom. The summed E-state index contributed by atoms with van der Waals surface area (Å²) in [4.78, 5) is 24.6. The molecule has 3 rings (SSSR count). The summed E-state index contributed by atoms with van der Waals surface area (Å²) in [5.41, 5.74) is 13.0. The molecule has 6 heteroatoms. The van der Waals surface area contributed by atoms with Crippen LogP contribution in [0, 0.1) is 6.92 Å². The van der Waals surface area contributed by atoms with Gasteiger partial charge in [0.1, 0.15) is 6.29 Å². The number of ether oxygens (including phenoxy) is 1. The molecule has 0 fully saturated rings. The minimum Gasteiger partial charge on any atom is -0.465 e. The van der Waals surface area contributed by atoms with Crippen LogP contribution in [-0.4, -0.2) is 37.9 Å². The van der Waals surface area contributed by atoms with Gasteiger partial charge in [0.2, 0.25) is 0 Å². The summed E-state index contributed by atoms with van der Waals surface area (Å²) in [7, 11) is 3.35. The molecule has 1 heterocycles. The second-order valence-electron chi connectivity index (χ2n) is 7.73. The lowest BCUT2D eigenvalue weighted by atomic mass is 9.98. The lowest BCUT2D eigenvalue weighted by Crippen LogP contribution is -2.04. The predicted octanol–water partition coefficient (Wildman–Crippen LogP) is 7.16. The van der Waals surface area contributed by atoms with Crippen molar-refractivity contribution < 1.29 is 14.3 Å². The van der Waals surface area contributed by atoms with Crippen molar-refractivity contribution in [3.63, 3.8) is 0 Å². The highest BCUT2D eigenvalue weighted by Crippen LogP contribution is 2.32. The van der Waals surface area contributed by atoms with E-state index < -0.39 is 0 Å². The summed E-state index contributed by atoms with van der Waals surface area (Å²) < 4.78 is 4.54. The van der Waals surface area contributed by atoms with Crippen molar-refractivity contribution in [2.45, 2.75) is 54.4 Å². The van der Waals surface area contributed by atoms with Crippen LogP contribution >= 0.6 is 0 Å². The van der Waals surface area contributed by atoms with E-state index in [9.17, 15) is 4.79 Å². The molecule has 3 N–H and O–H groups in total. The highest BCUT2D eigenvalue weighted by atomic mass is 16.5. The van der Waals surface area contributed by atoms with Crippen LogP contribution in [-0.2, 0) is 16.0 Å². The first-order chi connectivity index (χ1) is 18.4. The molecule has 0 aliphatic rings. The quantitative estimate of drug-likeness (QED) is 0.195. The molecule has 6 nitrogen and oxygen atoms in total. The smallest absolute Gasteiger partial charge is 0.337 e. The van der Waals surface area contributed by atoms with Crippen molar-refractivity contribution in [3.8, 4) is 0 Å². The first kappa shape index (κ1) is 34.2. The zero-order chi connectivity index (χ0) is 28.9. The fourth-order valence-corrected chi connectivity index (χ4v) is 3.59. The molecule has 0 amide bonds. The van der Waals surface area contributed by atoms with Gasteiger partial charge < -0.3 is 20.6 Å². The summed E-state index contributed by atoms with van der Waals surface area (Å²) in [5, 5.41) is 4.54. The number of anilines is 1. The molecule has 0 aliphatic heterocycles. The Labute approximate surface area is 229 Å². The molecular weight excluding hydrogens is 474 g/mol. The van der Waals surface area contributed by atoms with E-state index in [2.05, 4.69) is 54.3 Å². The van der Waals surface area contributed by atoms with Gasteiger partial charge in [-0.1, -0.05) is 81.8 Å². The standard InChI is InChI=1S/C19H25N3.C9H10O2.C2H4O.C2H6/c1-4-9-14(10-8-13-20)18-15(5-2)19(21-3)16-11-6-7-12-17(16)22-18;1-7-3-5-8(6-4-7)9(10)11-2;1-2-3;1-2/h6-12H,4-5,13,20H2,1-3H3,(H,21,22);3-6H,1-2H3;2H,1H3;1-2H3/b10-8-,14-9+;;;. The molecule has 1 aromatic heterocycles. The average Bonchev–Trinajstić information content (AvgIpc) is 2.96. The normalized spacial score (nSPS) is 10.3. The van der Waals surface area contributed by atoms with Crippen molar-refractivity contribution in [1.29, 1.82) is 0 Å². The van der Waals surface area contributed by atoms with E-state index in [1.807, 2.05) is 52.1 Å². The number of nitrogens with two attached hydrogens (primary N) is 1. The number of nitrogens with one attached hydrogen (secondary N) is 1. The molecule has 0 aliphatic carbocycles. The molecule has 0 saturated heterocycles. The Kier molecular flexibility index (Phi) is 18.3. The monoisotopic (exact) mass is 519 g/mol. The lowest BCUT2D eigenvalue weighted by molar-refractivity contribution is -0.106. The number of methoxy groups -OCH3 is 1. The first-order valence-corrected chi connectivity index (χ1v) is 13.1. The van der Waals surface area contributed by atoms with Gasteiger partial charge in [0.25, 0.3) is 0 Å². The number of para-hydroxylation sites is 1. The molecule has 0 saturated carbocycles. The van der Waals surface area contributed by atoms with E-state index in [0.717, 1.165) is 41.5 Å². The van der Waals surface area contributed by atoms with Crippen LogP contribution in [0.5, 0.6) is 0 Å². The number of esters is 1. The zero-order valence-corrected chi connectivity index (χ0v) is 24.3. The van der Waals surface area contributed by atoms with E-state index in [1.165, 1.54) is 30.7 Å². The topological polar surface area (TPSA) is 94.3 Å². The first-order valence-electron chi connectivity index (χ1n) is 13.1. The number of carbonyl (C=O) groups is 2. The number of hydrogen-bond acceptors (Lipinski definition) is 6. The fourth-order valence-electron chi connectivity index (χ4n) is 3.59. The maximum atomic E-state index is 10.9. The van der Waals surface area contributed by atoms with Crippen molar-refractivity contribution in [3.05, 3.63) is 89.1 Å². The number of hydrogen-bond donors (Lipinski definition) is 2. The van der Waals surface area contributed by atoms with Gasteiger partial charge in [-0.25, -0.2) is 9.78 Å². The number of pyridine rings is 1. The molecule has 0 spiro atoms. The Hall–Kier alpha value is -3.77. The Morgan fingerprint density at radius 2 is 1.68 bits per heavy atom. The number of allylic oxidation sites excluding steroid dienone is 3. The number of rotatable bonds is 7. The van der Waals surface area contributed by atoms with Crippen LogP contribution < -0.4 is 11.1 Å². The van der Waals surface area contributed by atoms with E-state index in [0.29, 0.717) is 12.1 Å². The zero-order valence-electron chi connectivity index (χ0n) is 24.3. The van der Waals surface area contributed by atoms with E-state index in [1.54, 1.807) is 12.1 Å². The van der Waals surface area contributed by atoms with E-state index >= 15 is 0 Å². The Balaban J connectivity index is 0.000000714. The van der Waals surface area contributed by atoms with Gasteiger partial charge in [0.05, 0.1) is 23.9 Å². The van der Waals surface area contributed by atoms with Crippen LogP contribution in [0.3, 0.4) is 0 Å². The molecule has 38 heavy (non-hydrogen) atoms. The number of aromatic nitrogens is 1. The Morgan fingerprint density at radius 1 is 1.08 bits per heavy atom. The molecule has 2 aromatic carbocycles. The molecule has 3 aromatic rings. The number of carbonyl (C=O) groups excluding carboxylic acids is 2. The summed E-state index contributed by atoms with van der Waals surface area (Å²) in [6.45, 7) is 12.3. The van der Waals surface area contributed by atoms with E-state index in [4.69, 9.17) is 15.5 Å². The molecule has 0 radical (unpaired) electrons. The summed E-state index contributed by atoms with van der Waals surface area (Å²) in [6, 6.07) is 15.5. The maximum Gasteiger partial charge on any atom is 0.337 e. The molecule has 0 unspecified atom stereocenters. The number of aldehydes is 1. The minimum absolute atomic E-state index is 0.287. The molecule has 0 bridgehead atoms. The van der Waals surface area contributed by atoms with Gasteiger partial charge in [-0.3, -0.25) is 0 Å². The minimum atomic E-state index is -0.287. The van der Waals surface area contributed by atoms with Gasteiger partial charge in [-0.15, -0.1) is 0 Å². The number of aryl methyl sites for hydroxylation is 1. The molecular formula is C32H45N3O3. The Bertz CT molecular complexity index is 1170. The highest BCUT2D eigenvalue weighted by Gasteiger charge is 2.14. The van der Waals surface area contributed by atoms with Crippen LogP contribution in [0.4, 0.5) is 5.69 Å². The van der Waals surface area contributed by atoms with Crippen molar-refractivity contribution >= 4 is 34.4 Å². The average molecular weight is 520 g/mol. The summed E-state index contributed by atoms with van der Waals surface area (Å²) in [5.74, 6) is -0.287.